The molecule has 0 aliphatic heterocycles. The van der Waals surface area contributed by atoms with Gasteiger partial charge in [0.2, 0.25) is 5.91 Å². The van der Waals surface area contributed by atoms with Gasteiger partial charge < -0.3 is 26.2 Å². The van der Waals surface area contributed by atoms with Crippen molar-refractivity contribution >= 4 is 23.8 Å². The monoisotopic (exact) mass is 400 g/mol. The molecule has 9 nitrogen and oxygen atoms in total. The molecule has 0 rings (SSSR count). The van der Waals surface area contributed by atoms with E-state index in [-0.39, 0.29) is 17.7 Å². The number of hydrogen-bond acceptors (Lipinski definition) is 5. The SMILES string of the molecule is CC(C)CC(NC(=O)CCCCCNC(=O)OC(C)(C)C)C(N)=NCC(=O)O. The van der Waals surface area contributed by atoms with E-state index in [0.717, 1.165) is 12.8 Å². The third-order valence-electron chi connectivity index (χ3n) is 3.55. The Balaban J connectivity index is 4.19. The molecular formula is C19H36N4O5. The highest BCUT2D eigenvalue weighted by Gasteiger charge is 2.18. The zero-order valence-corrected chi connectivity index (χ0v) is 17.7. The molecule has 0 spiro atoms. The van der Waals surface area contributed by atoms with Crippen molar-refractivity contribution in [1.82, 2.24) is 10.6 Å². The van der Waals surface area contributed by atoms with Crippen LogP contribution in [0.3, 0.4) is 0 Å². The Bertz CT molecular complexity index is 541. The minimum absolute atomic E-state index is 0.131. The zero-order valence-electron chi connectivity index (χ0n) is 17.7. The highest BCUT2D eigenvalue weighted by molar-refractivity contribution is 5.91. The quantitative estimate of drug-likeness (QED) is 0.224. The number of rotatable bonds is 12. The highest BCUT2D eigenvalue weighted by Crippen LogP contribution is 2.08. The molecule has 0 aromatic heterocycles. The third-order valence-corrected chi connectivity index (χ3v) is 3.55. The van der Waals surface area contributed by atoms with Gasteiger partial charge in [0.1, 0.15) is 18.0 Å². The largest absolute Gasteiger partial charge is 0.480 e. The summed E-state index contributed by atoms with van der Waals surface area (Å²) in [6.45, 7) is 9.45. The van der Waals surface area contributed by atoms with E-state index >= 15 is 0 Å². The van der Waals surface area contributed by atoms with Crippen LogP contribution in [0.5, 0.6) is 0 Å². The van der Waals surface area contributed by atoms with Crippen molar-refractivity contribution in [3.8, 4) is 0 Å². The highest BCUT2D eigenvalue weighted by atomic mass is 16.6. The number of nitrogens with one attached hydrogen (secondary N) is 2. The Kier molecular flexibility index (Phi) is 11.9. The minimum Gasteiger partial charge on any atom is -0.480 e. The molecule has 1 atom stereocenters. The number of amides is 2. The summed E-state index contributed by atoms with van der Waals surface area (Å²) in [7, 11) is 0. The summed E-state index contributed by atoms with van der Waals surface area (Å²) in [6, 6.07) is -0.472. The Morgan fingerprint density at radius 1 is 1.14 bits per heavy atom. The number of aliphatic imine (C=N–C) groups is 1. The fourth-order valence-corrected chi connectivity index (χ4v) is 2.35. The number of nitrogens with two attached hydrogens (primary N) is 1. The average molecular weight is 401 g/mol. The summed E-state index contributed by atoms with van der Waals surface area (Å²) in [6.07, 6.45) is 2.65. The van der Waals surface area contributed by atoms with Crippen LogP contribution in [-0.2, 0) is 14.3 Å². The molecule has 0 fully saturated rings. The minimum atomic E-state index is -1.07. The first-order chi connectivity index (χ1) is 12.9. The number of carbonyl (C=O) groups is 3. The lowest BCUT2D eigenvalue weighted by molar-refractivity contribution is -0.135. The maximum absolute atomic E-state index is 12.1. The number of carboxylic acid groups (broad SMARTS) is 1. The van der Waals surface area contributed by atoms with Gasteiger partial charge in [0.05, 0.1) is 6.04 Å². The number of alkyl carbamates (subject to hydrolysis) is 1. The maximum atomic E-state index is 12.1. The molecule has 0 aromatic rings. The number of carbonyl (C=O) groups excluding carboxylic acids is 2. The Labute approximate surface area is 167 Å². The first-order valence-electron chi connectivity index (χ1n) is 9.68. The molecule has 28 heavy (non-hydrogen) atoms. The Morgan fingerprint density at radius 2 is 1.79 bits per heavy atom. The van der Waals surface area contributed by atoms with Gasteiger partial charge in [-0.2, -0.15) is 0 Å². The number of aliphatic carboxylic acids is 1. The van der Waals surface area contributed by atoms with Crippen molar-refractivity contribution in [2.24, 2.45) is 16.6 Å². The second-order valence-corrected chi connectivity index (χ2v) is 8.12. The smallest absolute Gasteiger partial charge is 0.407 e. The van der Waals surface area contributed by atoms with Crippen LogP contribution in [0.1, 0.15) is 66.7 Å². The van der Waals surface area contributed by atoms with E-state index in [1.54, 1.807) is 20.8 Å². The fourth-order valence-electron chi connectivity index (χ4n) is 2.35. The van der Waals surface area contributed by atoms with Gasteiger partial charge in [-0.05, 0) is 46.0 Å². The molecule has 9 heteroatoms. The van der Waals surface area contributed by atoms with Gasteiger partial charge >= 0.3 is 12.1 Å². The van der Waals surface area contributed by atoms with Crippen molar-refractivity contribution in [2.45, 2.75) is 78.4 Å². The van der Waals surface area contributed by atoms with Gasteiger partial charge in [-0.3, -0.25) is 14.6 Å². The summed E-state index contributed by atoms with van der Waals surface area (Å²) in [5.74, 6) is -0.828. The number of ether oxygens (including phenoxy) is 1. The number of hydrogen-bond donors (Lipinski definition) is 4. The van der Waals surface area contributed by atoms with Gasteiger partial charge in [-0.25, -0.2) is 4.79 Å². The fraction of sp³-hybridized carbons (Fsp3) is 0.789. The lowest BCUT2D eigenvalue weighted by Crippen LogP contribution is -2.45. The number of amidine groups is 1. The molecule has 2 amide bonds. The van der Waals surface area contributed by atoms with Crippen molar-refractivity contribution in [3.63, 3.8) is 0 Å². The molecule has 0 aliphatic carbocycles. The summed E-state index contributed by atoms with van der Waals surface area (Å²) >= 11 is 0. The molecule has 0 radical (unpaired) electrons. The predicted octanol–water partition coefficient (Wildman–Crippen LogP) is 2.04. The standard InChI is InChI=1S/C19H36N4O5/c1-13(2)11-14(17(20)22-12-16(25)26)23-15(24)9-7-6-8-10-21-18(27)28-19(3,4)5/h13-14H,6-12H2,1-5H3,(H2,20,22)(H,21,27)(H,23,24)(H,25,26). The summed E-state index contributed by atoms with van der Waals surface area (Å²) in [5.41, 5.74) is 5.33. The van der Waals surface area contributed by atoms with Gasteiger partial charge in [0.25, 0.3) is 0 Å². The van der Waals surface area contributed by atoms with Gasteiger partial charge in [0, 0.05) is 13.0 Å². The lowest BCUT2D eigenvalue weighted by Gasteiger charge is -2.20. The molecule has 0 heterocycles. The van der Waals surface area contributed by atoms with E-state index in [9.17, 15) is 14.4 Å². The summed E-state index contributed by atoms with van der Waals surface area (Å²) in [4.78, 5) is 38.1. The Morgan fingerprint density at radius 3 is 2.32 bits per heavy atom. The maximum Gasteiger partial charge on any atom is 0.407 e. The normalized spacial score (nSPS) is 13.1. The van der Waals surface area contributed by atoms with E-state index in [1.165, 1.54) is 0 Å². The molecule has 0 saturated carbocycles. The van der Waals surface area contributed by atoms with Crippen LogP contribution in [0.4, 0.5) is 4.79 Å². The Hall–Kier alpha value is -2.32. The molecule has 0 bridgehead atoms. The second kappa shape index (κ2) is 13.0. The van der Waals surface area contributed by atoms with Crippen LogP contribution in [0.15, 0.2) is 4.99 Å². The molecule has 1 unspecified atom stereocenters. The second-order valence-electron chi connectivity index (χ2n) is 8.12. The van der Waals surface area contributed by atoms with E-state index in [4.69, 9.17) is 15.6 Å². The number of carboxylic acids is 1. The molecule has 0 aliphatic rings. The van der Waals surface area contributed by atoms with Crippen molar-refractivity contribution < 1.29 is 24.2 Å². The van der Waals surface area contributed by atoms with E-state index in [0.29, 0.717) is 25.8 Å². The van der Waals surface area contributed by atoms with Gasteiger partial charge in [-0.1, -0.05) is 20.3 Å². The van der Waals surface area contributed by atoms with Crippen molar-refractivity contribution in [3.05, 3.63) is 0 Å². The molecule has 0 aromatic carbocycles. The van der Waals surface area contributed by atoms with Crippen LogP contribution in [0.25, 0.3) is 0 Å². The first-order valence-corrected chi connectivity index (χ1v) is 9.68. The number of nitrogens with zero attached hydrogens (tertiary/aromatic N) is 1. The van der Waals surface area contributed by atoms with Crippen molar-refractivity contribution in [1.29, 1.82) is 0 Å². The molecular weight excluding hydrogens is 364 g/mol. The zero-order chi connectivity index (χ0) is 21.7. The van der Waals surface area contributed by atoms with Crippen LogP contribution < -0.4 is 16.4 Å². The number of unbranched alkanes of at least 4 members (excludes halogenated alkanes) is 2. The predicted molar refractivity (Wildman–Crippen MR) is 108 cm³/mol. The van der Waals surface area contributed by atoms with E-state index in [2.05, 4.69) is 15.6 Å². The van der Waals surface area contributed by atoms with Gasteiger partial charge in [-0.15, -0.1) is 0 Å². The van der Waals surface area contributed by atoms with Crippen molar-refractivity contribution in [2.75, 3.05) is 13.1 Å². The summed E-state index contributed by atoms with van der Waals surface area (Å²) < 4.78 is 5.14. The van der Waals surface area contributed by atoms with Crippen LogP contribution in [-0.4, -0.2) is 53.6 Å². The third kappa shape index (κ3) is 14.8. The van der Waals surface area contributed by atoms with Crippen LogP contribution in [0.2, 0.25) is 0 Å². The van der Waals surface area contributed by atoms with E-state index in [1.807, 2.05) is 13.8 Å². The topological polar surface area (TPSA) is 143 Å². The van der Waals surface area contributed by atoms with Gasteiger partial charge in [0.15, 0.2) is 0 Å². The first kappa shape index (κ1) is 25.7. The molecule has 162 valence electrons. The van der Waals surface area contributed by atoms with Crippen LogP contribution in [0, 0.1) is 5.92 Å². The molecule has 5 N–H and O–H groups in total. The van der Waals surface area contributed by atoms with E-state index < -0.39 is 30.3 Å². The average Bonchev–Trinajstić information content (AvgIpc) is 2.53. The van der Waals surface area contributed by atoms with Crippen LogP contribution >= 0.6 is 0 Å². The molecule has 0 saturated heterocycles. The summed E-state index contributed by atoms with van der Waals surface area (Å²) in [5, 5.41) is 14.2. The lowest BCUT2D eigenvalue weighted by atomic mass is 10.0.